The number of likely N-dealkylation sites (N-methyl/N-ethyl adjacent to an activating group) is 1. The third kappa shape index (κ3) is 5.88. The van der Waals surface area contributed by atoms with Gasteiger partial charge >= 0.3 is 0 Å². The molecule has 0 aliphatic carbocycles. The van der Waals surface area contributed by atoms with Gasteiger partial charge in [-0.3, -0.25) is 9.59 Å². The van der Waals surface area contributed by atoms with Crippen LogP contribution in [0.5, 0.6) is 23.0 Å². The van der Waals surface area contributed by atoms with Crippen LogP contribution < -0.4 is 18.9 Å². The third-order valence-electron chi connectivity index (χ3n) is 6.35. The van der Waals surface area contributed by atoms with E-state index < -0.39 is 17.7 Å². The van der Waals surface area contributed by atoms with E-state index in [1.807, 2.05) is 25.9 Å². The number of carbonyl (C=O) groups excluding carboxylic acids is 2. The van der Waals surface area contributed by atoms with Gasteiger partial charge in [-0.05, 0) is 68.4 Å². The van der Waals surface area contributed by atoms with Gasteiger partial charge in [0, 0.05) is 18.7 Å². The van der Waals surface area contributed by atoms with E-state index in [0.29, 0.717) is 53.2 Å². The Morgan fingerprint density at radius 2 is 1.63 bits per heavy atom. The number of aliphatic hydroxyl groups is 1. The molecule has 38 heavy (non-hydrogen) atoms. The highest BCUT2D eigenvalue weighted by molar-refractivity contribution is 6.46. The Bertz CT molecular complexity index is 1190. The molecule has 0 radical (unpaired) electrons. The first kappa shape index (κ1) is 28.8. The number of nitrogens with zero attached hydrogens (tertiary/aromatic N) is 2. The van der Waals surface area contributed by atoms with Crippen molar-refractivity contribution < 1.29 is 33.6 Å². The molecule has 1 saturated heterocycles. The van der Waals surface area contributed by atoms with Gasteiger partial charge in [0.1, 0.15) is 11.5 Å². The van der Waals surface area contributed by atoms with Gasteiger partial charge in [0.2, 0.25) is 5.75 Å². The van der Waals surface area contributed by atoms with Crippen LogP contribution in [0.1, 0.15) is 36.6 Å². The summed E-state index contributed by atoms with van der Waals surface area (Å²) in [6.07, 6.45) is 0. The highest BCUT2D eigenvalue weighted by Gasteiger charge is 2.46. The number of aryl methyl sites for hydroxylation is 1. The third-order valence-corrected chi connectivity index (χ3v) is 6.35. The first-order chi connectivity index (χ1) is 18.0. The summed E-state index contributed by atoms with van der Waals surface area (Å²) in [5.41, 5.74) is 1.77. The highest BCUT2D eigenvalue weighted by atomic mass is 16.5. The summed E-state index contributed by atoms with van der Waals surface area (Å²) in [6, 6.07) is 7.75. The molecule has 1 aliphatic rings. The predicted molar refractivity (Wildman–Crippen MR) is 145 cm³/mol. The van der Waals surface area contributed by atoms with E-state index in [1.165, 1.54) is 26.2 Å². The Kier molecular flexibility index (Phi) is 9.27. The number of hydrogen-bond donors (Lipinski definition) is 1. The average Bonchev–Trinajstić information content (AvgIpc) is 3.14. The fourth-order valence-corrected chi connectivity index (χ4v) is 4.39. The molecule has 1 heterocycles. The molecular weight excluding hydrogens is 488 g/mol. The van der Waals surface area contributed by atoms with Crippen LogP contribution in [0.2, 0.25) is 0 Å². The number of ether oxygens (including phenoxy) is 4. The van der Waals surface area contributed by atoms with Crippen molar-refractivity contribution in [2.75, 3.05) is 55.1 Å². The van der Waals surface area contributed by atoms with E-state index in [1.54, 1.807) is 30.3 Å². The molecule has 3 rings (SSSR count). The maximum atomic E-state index is 13.4. The van der Waals surface area contributed by atoms with E-state index in [9.17, 15) is 14.7 Å². The zero-order valence-electron chi connectivity index (χ0n) is 23.5. The molecule has 1 atom stereocenters. The molecule has 0 unspecified atom stereocenters. The lowest BCUT2D eigenvalue weighted by atomic mass is 9.94. The van der Waals surface area contributed by atoms with Crippen molar-refractivity contribution in [3.63, 3.8) is 0 Å². The van der Waals surface area contributed by atoms with E-state index >= 15 is 0 Å². The van der Waals surface area contributed by atoms with Crippen molar-refractivity contribution in [1.82, 2.24) is 9.80 Å². The normalized spacial score (nSPS) is 16.9. The van der Waals surface area contributed by atoms with Crippen LogP contribution in [0.15, 0.2) is 35.9 Å². The summed E-state index contributed by atoms with van der Waals surface area (Å²) in [6.45, 7) is 7.36. The summed E-state index contributed by atoms with van der Waals surface area (Å²) in [5.74, 6) is 0.509. The molecular formula is C29H38N2O7. The van der Waals surface area contributed by atoms with Crippen molar-refractivity contribution in [1.29, 1.82) is 0 Å². The van der Waals surface area contributed by atoms with Crippen LogP contribution in [-0.4, -0.2) is 81.7 Å². The topological polar surface area (TPSA) is 97.8 Å². The lowest BCUT2D eigenvalue weighted by molar-refractivity contribution is -0.140. The molecule has 206 valence electrons. The smallest absolute Gasteiger partial charge is 0.295 e. The molecule has 0 spiro atoms. The maximum Gasteiger partial charge on any atom is 0.295 e. The number of Topliss-reactive ketones (excluding diaryl/α,β-unsaturated/α-hetero) is 1. The van der Waals surface area contributed by atoms with Gasteiger partial charge in [0.15, 0.2) is 11.5 Å². The minimum atomic E-state index is -0.860. The molecule has 0 saturated carbocycles. The van der Waals surface area contributed by atoms with Gasteiger partial charge in [-0.2, -0.15) is 0 Å². The summed E-state index contributed by atoms with van der Waals surface area (Å²) in [7, 11) is 8.26. The van der Waals surface area contributed by atoms with Crippen LogP contribution >= 0.6 is 0 Å². The van der Waals surface area contributed by atoms with Crippen LogP contribution in [0.25, 0.3) is 5.76 Å². The molecule has 9 nitrogen and oxygen atoms in total. The van der Waals surface area contributed by atoms with Crippen LogP contribution in [0.4, 0.5) is 0 Å². The second-order valence-electron chi connectivity index (χ2n) is 9.94. The van der Waals surface area contributed by atoms with Crippen molar-refractivity contribution in [3.05, 3.63) is 52.6 Å². The number of aliphatic hydroxyl groups excluding tert-OH is 1. The number of likely N-dealkylation sites (tertiary alicyclic amines) is 1. The van der Waals surface area contributed by atoms with Crippen molar-refractivity contribution in [2.24, 2.45) is 5.92 Å². The number of ketones is 1. The monoisotopic (exact) mass is 526 g/mol. The fourth-order valence-electron chi connectivity index (χ4n) is 4.39. The predicted octanol–water partition coefficient (Wildman–Crippen LogP) is 4.04. The minimum absolute atomic E-state index is 0.00159. The molecule has 1 amide bonds. The fraction of sp³-hybridized carbons (Fsp3) is 0.448. The molecule has 1 fully saturated rings. The SMILES string of the molecule is COc1cc([C@H]2C(=C(O)c3ccc(OCC(C)C)c(C)c3)C(=O)C(=O)N2CCN(C)C)cc(OC)c1OC. The highest BCUT2D eigenvalue weighted by Crippen LogP contribution is 2.45. The van der Waals surface area contributed by atoms with E-state index in [2.05, 4.69) is 13.8 Å². The first-order valence-corrected chi connectivity index (χ1v) is 12.5. The molecule has 1 aliphatic heterocycles. The minimum Gasteiger partial charge on any atom is -0.507 e. The summed E-state index contributed by atoms with van der Waals surface area (Å²) in [4.78, 5) is 30.0. The summed E-state index contributed by atoms with van der Waals surface area (Å²) < 4.78 is 22.4. The second-order valence-corrected chi connectivity index (χ2v) is 9.94. The molecule has 1 N–H and O–H groups in total. The number of carbonyl (C=O) groups is 2. The van der Waals surface area contributed by atoms with Gasteiger partial charge in [0.05, 0.1) is 39.6 Å². The number of benzene rings is 2. The van der Waals surface area contributed by atoms with E-state index in [-0.39, 0.29) is 17.9 Å². The van der Waals surface area contributed by atoms with Gasteiger partial charge in [0.25, 0.3) is 11.7 Å². The Morgan fingerprint density at radius 3 is 2.13 bits per heavy atom. The van der Waals surface area contributed by atoms with Crippen LogP contribution in [0.3, 0.4) is 0 Å². The van der Waals surface area contributed by atoms with Crippen molar-refractivity contribution in [2.45, 2.75) is 26.8 Å². The lowest BCUT2D eigenvalue weighted by Gasteiger charge is -2.27. The Labute approximate surface area is 224 Å². The first-order valence-electron chi connectivity index (χ1n) is 12.5. The maximum absolute atomic E-state index is 13.4. The van der Waals surface area contributed by atoms with E-state index in [4.69, 9.17) is 18.9 Å². The van der Waals surface area contributed by atoms with Gasteiger partial charge in [-0.1, -0.05) is 13.8 Å². The molecule has 2 aromatic rings. The van der Waals surface area contributed by atoms with Gasteiger partial charge in [-0.25, -0.2) is 0 Å². The molecule has 0 bridgehead atoms. The Morgan fingerprint density at radius 1 is 1.00 bits per heavy atom. The molecule has 2 aromatic carbocycles. The zero-order valence-corrected chi connectivity index (χ0v) is 23.5. The number of amides is 1. The van der Waals surface area contributed by atoms with Gasteiger partial charge < -0.3 is 33.9 Å². The molecule has 0 aromatic heterocycles. The Balaban J connectivity index is 2.19. The van der Waals surface area contributed by atoms with E-state index in [0.717, 1.165) is 5.56 Å². The molecule has 9 heteroatoms. The summed E-state index contributed by atoms with van der Waals surface area (Å²) in [5, 5.41) is 11.5. The lowest BCUT2D eigenvalue weighted by Crippen LogP contribution is -2.35. The summed E-state index contributed by atoms with van der Waals surface area (Å²) >= 11 is 0. The quantitative estimate of drug-likeness (QED) is 0.266. The van der Waals surface area contributed by atoms with Crippen molar-refractivity contribution >= 4 is 17.4 Å². The van der Waals surface area contributed by atoms with Crippen molar-refractivity contribution in [3.8, 4) is 23.0 Å². The standard InChI is InChI=1S/C29H38N2O7/c1-17(2)16-38-21-10-9-19(13-18(21)3)26(32)24-25(31(12-11-30(4)5)29(34)27(24)33)20-14-22(35-6)28(37-8)23(15-20)36-7/h9-10,13-15,17,25,32H,11-12,16H2,1-8H3/t25-/m0/s1. The average molecular weight is 527 g/mol. The number of hydrogen-bond acceptors (Lipinski definition) is 8. The van der Waals surface area contributed by atoms with Crippen LogP contribution in [-0.2, 0) is 9.59 Å². The largest absolute Gasteiger partial charge is 0.507 e. The second kappa shape index (κ2) is 12.2. The number of methoxy groups -OCH3 is 3. The zero-order chi connectivity index (χ0) is 28.1. The van der Waals surface area contributed by atoms with Gasteiger partial charge in [-0.15, -0.1) is 0 Å². The number of rotatable bonds is 11. The Hall–Kier alpha value is -3.72. The van der Waals surface area contributed by atoms with Crippen LogP contribution in [0, 0.1) is 12.8 Å².